The van der Waals surface area contributed by atoms with E-state index in [1.165, 1.54) is 14.2 Å². The molecule has 0 amide bonds. The highest BCUT2D eigenvalue weighted by Crippen LogP contribution is 2.14. The first kappa shape index (κ1) is 21.1. The van der Waals surface area contributed by atoms with Crippen LogP contribution in [0, 0.1) is 0 Å². The summed E-state index contributed by atoms with van der Waals surface area (Å²) in [6.45, 7) is 1.57. The number of halogens is 1. The number of methoxy groups -OCH3 is 1. The molecular weight excluding hydrogens is 384 g/mol. The van der Waals surface area contributed by atoms with E-state index < -0.39 is 5.97 Å². The second kappa shape index (κ2) is 10.2. The second-order valence-corrected chi connectivity index (χ2v) is 5.99. The zero-order chi connectivity index (χ0) is 20.5. The van der Waals surface area contributed by atoms with E-state index in [2.05, 4.69) is 10.3 Å². The smallest absolute Gasteiger partial charge is 0.360 e. The normalized spacial score (nSPS) is 11.7. The molecule has 2 aromatic carbocycles. The van der Waals surface area contributed by atoms with Gasteiger partial charge in [0.05, 0.1) is 7.11 Å². The zero-order valence-electron chi connectivity index (χ0n) is 15.6. The Bertz CT molecular complexity index is 907. The molecule has 0 spiro atoms. The Hall–Kier alpha value is -3.19. The molecule has 0 unspecified atom stereocenters. The molecule has 2 aromatic rings. The van der Waals surface area contributed by atoms with Gasteiger partial charge in [0.2, 0.25) is 5.78 Å². The SMILES string of the molecule is CO/N=C(/C(=O)OC)c1ccccc1CO/N=C(\C)C(=O)c1ccc(Cl)cc1. The Morgan fingerprint density at radius 1 is 1.00 bits per heavy atom. The number of rotatable bonds is 8. The number of hydrogen-bond acceptors (Lipinski definition) is 7. The van der Waals surface area contributed by atoms with E-state index in [0.29, 0.717) is 21.7 Å². The van der Waals surface area contributed by atoms with Crippen LogP contribution >= 0.6 is 11.6 Å². The van der Waals surface area contributed by atoms with E-state index in [1.54, 1.807) is 55.5 Å². The lowest BCUT2D eigenvalue weighted by molar-refractivity contribution is -0.132. The number of Topliss-reactive ketones (excluding diaryl/α,β-unsaturated/α-hetero) is 1. The van der Waals surface area contributed by atoms with Crippen LogP contribution in [-0.2, 0) is 25.8 Å². The van der Waals surface area contributed by atoms with E-state index in [4.69, 9.17) is 26.0 Å². The van der Waals surface area contributed by atoms with E-state index in [0.717, 1.165) is 0 Å². The molecular formula is C20H19ClN2O5. The van der Waals surface area contributed by atoms with Crippen molar-refractivity contribution in [3.05, 3.63) is 70.2 Å². The molecule has 7 nitrogen and oxygen atoms in total. The van der Waals surface area contributed by atoms with Crippen molar-refractivity contribution in [1.82, 2.24) is 0 Å². The lowest BCUT2D eigenvalue weighted by atomic mass is 10.0. The Kier molecular flexibility index (Phi) is 7.71. The molecule has 0 fully saturated rings. The Morgan fingerprint density at radius 2 is 1.68 bits per heavy atom. The largest absolute Gasteiger partial charge is 0.464 e. The summed E-state index contributed by atoms with van der Waals surface area (Å²) < 4.78 is 4.73. The van der Waals surface area contributed by atoms with Crippen LogP contribution in [0.25, 0.3) is 0 Å². The summed E-state index contributed by atoms with van der Waals surface area (Å²) in [5.41, 5.74) is 1.74. The fraction of sp³-hybridized carbons (Fsp3) is 0.200. The lowest BCUT2D eigenvalue weighted by Crippen LogP contribution is -2.19. The molecule has 0 atom stereocenters. The van der Waals surface area contributed by atoms with Gasteiger partial charge in [-0.25, -0.2) is 4.79 Å². The highest BCUT2D eigenvalue weighted by atomic mass is 35.5. The Labute approximate surface area is 167 Å². The summed E-state index contributed by atoms with van der Waals surface area (Å²) in [5.74, 6) is -0.923. The number of benzene rings is 2. The van der Waals surface area contributed by atoms with Crippen LogP contribution in [0.5, 0.6) is 0 Å². The third-order valence-corrected chi connectivity index (χ3v) is 3.94. The lowest BCUT2D eigenvalue weighted by Gasteiger charge is -2.09. The molecule has 0 aliphatic rings. The molecule has 0 bridgehead atoms. The van der Waals surface area contributed by atoms with Crippen LogP contribution in [0.2, 0.25) is 5.02 Å². The first-order valence-corrected chi connectivity index (χ1v) is 8.60. The van der Waals surface area contributed by atoms with Gasteiger partial charge in [0.25, 0.3) is 0 Å². The third-order valence-electron chi connectivity index (χ3n) is 3.69. The van der Waals surface area contributed by atoms with Gasteiger partial charge in [-0.05, 0) is 31.2 Å². The minimum absolute atomic E-state index is 0.00198. The number of ketones is 1. The maximum absolute atomic E-state index is 12.3. The van der Waals surface area contributed by atoms with Crippen molar-refractivity contribution in [2.75, 3.05) is 14.2 Å². The van der Waals surface area contributed by atoms with Gasteiger partial charge in [-0.15, -0.1) is 0 Å². The van der Waals surface area contributed by atoms with Gasteiger partial charge in [-0.1, -0.05) is 46.2 Å². The number of nitrogens with zero attached hydrogens (tertiary/aromatic N) is 2. The monoisotopic (exact) mass is 402 g/mol. The fourth-order valence-corrected chi connectivity index (χ4v) is 2.44. The van der Waals surface area contributed by atoms with Crippen LogP contribution in [0.4, 0.5) is 0 Å². The summed E-state index contributed by atoms with van der Waals surface area (Å²) in [7, 11) is 2.58. The van der Waals surface area contributed by atoms with E-state index >= 15 is 0 Å². The van der Waals surface area contributed by atoms with Gasteiger partial charge in [0.15, 0.2) is 5.71 Å². The highest BCUT2D eigenvalue weighted by Gasteiger charge is 2.19. The first-order valence-electron chi connectivity index (χ1n) is 8.22. The van der Waals surface area contributed by atoms with Gasteiger partial charge < -0.3 is 14.4 Å². The van der Waals surface area contributed by atoms with Crippen molar-refractivity contribution >= 4 is 34.8 Å². The number of hydrogen-bond donors (Lipinski definition) is 0. The van der Waals surface area contributed by atoms with Gasteiger partial charge >= 0.3 is 5.97 Å². The van der Waals surface area contributed by atoms with Gasteiger partial charge in [0, 0.05) is 21.7 Å². The van der Waals surface area contributed by atoms with Crippen molar-refractivity contribution < 1.29 is 24.0 Å². The molecule has 2 rings (SSSR count). The van der Waals surface area contributed by atoms with E-state index in [1.807, 2.05) is 0 Å². The minimum Gasteiger partial charge on any atom is -0.464 e. The molecule has 28 heavy (non-hydrogen) atoms. The molecule has 0 saturated heterocycles. The highest BCUT2D eigenvalue weighted by molar-refractivity contribution is 6.45. The quantitative estimate of drug-likeness (QED) is 0.291. The molecule has 0 saturated carbocycles. The first-order chi connectivity index (χ1) is 13.5. The molecule has 0 heterocycles. The summed E-state index contributed by atoms with van der Waals surface area (Å²) in [6.07, 6.45) is 0. The average Bonchev–Trinajstić information content (AvgIpc) is 2.72. The molecule has 8 heteroatoms. The van der Waals surface area contributed by atoms with Crippen molar-refractivity contribution in [2.24, 2.45) is 10.3 Å². The summed E-state index contributed by atoms with van der Waals surface area (Å²) in [4.78, 5) is 34.3. The maximum atomic E-state index is 12.3. The van der Waals surface area contributed by atoms with Crippen LogP contribution in [0.1, 0.15) is 28.4 Å². The Morgan fingerprint density at radius 3 is 2.32 bits per heavy atom. The van der Waals surface area contributed by atoms with E-state index in [9.17, 15) is 9.59 Å². The van der Waals surface area contributed by atoms with Crippen LogP contribution in [0.3, 0.4) is 0 Å². The van der Waals surface area contributed by atoms with Gasteiger partial charge in [-0.2, -0.15) is 0 Å². The Balaban J connectivity index is 2.15. The van der Waals surface area contributed by atoms with Crippen LogP contribution in [0.15, 0.2) is 58.8 Å². The standard InChI is InChI=1S/C20H19ClN2O5/c1-13(19(24)14-8-10-16(21)11-9-14)22-28-12-15-6-4-5-7-17(15)18(23-27-3)20(25)26-2/h4-11H,12H2,1-3H3/b22-13+,23-18+. The number of ether oxygens (including phenoxy) is 1. The maximum Gasteiger partial charge on any atom is 0.360 e. The summed E-state index contributed by atoms with van der Waals surface area (Å²) >= 11 is 5.83. The fourth-order valence-electron chi connectivity index (χ4n) is 2.31. The predicted octanol–water partition coefficient (Wildman–Crippen LogP) is 3.64. The van der Waals surface area contributed by atoms with Crippen molar-refractivity contribution in [3.8, 4) is 0 Å². The molecule has 146 valence electrons. The topological polar surface area (TPSA) is 86.6 Å². The van der Waals surface area contributed by atoms with Crippen molar-refractivity contribution in [2.45, 2.75) is 13.5 Å². The van der Waals surface area contributed by atoms with Gasteiger partial charge in [-0.3, -0.25) is 4.79 Å². The van der Waals surface area contributed by atoms with Crippen molar-refractivity contribution in [1.29, 1.82) is 0 Å². The molecule has 0 aromatic heterocycles. The van der Waals surface area contributed by atoms with Gasteiger partial charge in [0.1, 0.15) is 19.4 Å². The summed E-state index contributed by atoms with van der Waals surface area (Å²) in [6, 6.07) is 13.4. The second-order valence-electron chi connectivity index (χ2n) is 5.56. The third kappa shape index (κ3) is 5.40. The number of carbonyl (C=O) groups is 2. The van der Waals surface area contributed by atoms with Crippen LogP contribution in [-0.4, -0.2) is 37.4 Å². The molecule has 0 aliphatic carbocycles. The molecule has 0 N–H and O–H groups in total. The summed E-state index contributed by atoms with van der Waals surface area (Å²) in [5, 5.41) is 8.15. The minimum atomic E-state index is -0.646. The number of esters is 1. The predicted molar refractivity (Wildman–Crippen MR) is 106 cm³/mol. The average molecular weight is 403 g/mol. The van der Waals surface area contributed by atoms with Crippen LogP contribution < -0.4 is 0 Å². The van der Waals surface area contributed by atoms with E-state index in [-0.39, 0.29) is 23.8 Å². The molecule has 0 radical (unpaired) electrons. The van der Waals surface area contributed by atoms with Crippen molar-refractivity contribution in [3.63, 3.8) is 0 Å². The molecule has 0 aliphatic heterocycles. The zero-order valence-corrected chi connectivity index (χ0v) is 16.4. The number of oxime groups is 2. The number of carbonyl (C=O) groups excluding carboxylic acids is 2.